The maximum atomic E-state index is 13.1. The Hall–Kier alpha value is -1.63. The highest BCUT2D eigenvalue weighted by Crippen LogP contribution is 2.47. The van der Waals surface area contributed by atoms with E-state index in [4.69, 9.17) is 5.26 Å². The topological polar surface area (TPSA) is 44.0 Å². The number of hydrogen-bond donors (Lipinski definition) is 1. The lowest BCUT2D eigenvalue weighted by Gasteiger charge is -2.35. The van der Waals surface area contributed by atoms with Crippen LogP contribution in [0.4, 0.5) is 8.78 Å². The molecule has 0 saturated heterocycles. The number of nitrogens with zero attached hydrogens (tertiary/aromatic N) is 1. The monoisotopic (exact) mass is 209 g/mol. The summed E-state index contributed by atoms with van der Waals surface area (Å²) in [5.41, 5.74) is -0.617. The highest BCUT2D eigenvalue weighted by Gasteiger charge is 2.41. The normalized spacial score (nSPS) is 17.9. The van der Waals surface area contributed by atoms with Gasteiger partial charge in [-0.2, -0.15) is 9.65 Å². The van der Waals surface area contributed by atoms with Crippen LogP contribution in [0.15, 0.2) is 12.1 Å². The Kier molecular flexibility index (Phi) is 2.11. The van der Waals surface area contributed by atoms with Gasteiger partial charge in [-0.05, 0) is 25.3 Å². The maximum absolute atomic E-state index is 13.1. The number of phenols is 1. The number of rotatable bonds is 1. The summed E-state index contributed by atoms with van der Waals surface area (Å²) < 4.78 is 25.8. The van der Waals surface area contributed by atoms with Gasteiger partial charge in [-0.3, -0.25) is 0 Å². The molecule has 0 bridgehead atoms. The van der Waals surface area contributed by atoms with E-state index < -0.39 is 22.8 Å². The van der Waals surface area contributed by atoms with Gasteiger partial charge in [-0.25, -0.2) is 4.39 Å². The van der Waals surface area contributed by atoms with Crippen molar-refractivity contribution in [1.29, 1.82) is 5.26 Å². The third kappa shape index (κ3) is 1.27. The second-order valence-electron chi connectivity index (χ2n) is 3.80. The average Bonchev–Trinajstić information content (AvgIpc) is 2.17. The molecule has 1 aliphatic rings. The van der Waals surface area contributed by atoms with Crippen molar-refractivity contribution < 1.29 is 13.9 Å². The van der Waals surface area contributed by atoms with E-state index in [-0.39, 0.29) is 5.56 Å². The number of hydrogen-bond acceptors (Lipinski definition) is 2. The minimum absolute atomic E-state index is 0.204. The summed E-state index contributed by atoms with van der Waals surface area (Å²) in [6.45, 7) is 0. The summed E-state index contributed by atoms with van der Waals surface area (Å²) in [6.07, 6.45) is 2.04. The van der Waals surface area contributed by atoms with E-state index in [1.54, 1.807) is 0 Å². The molecule has 15 heavy (non-hydrogen) atoms. The first-order valence-electron chi connectivity index (χ1n) is 4.69. The number of nitriles is 1. The lowest BCUT2D eigenvalue weighted by Crippen LogP contribution is -2.32. The zero-order valence-electron chi connectivity index (χ0n) is 7.93. The van der Waals surface area contributed by atoms with E-state index >= 15 is 0 Å². The maximum Gasteiger partial charge on any atom is 0.200 e. The van der Waals surface area contributed by atoms with E-state index in [9.17, 15) is 13.9 Å². The van der Waals surface area contributed by atoms with Gasteiger partial charge in [0.1, 0.15) is 0 Å². The zero-order chi connectivity index (χ0) is 11.1. The van der Waals surface area contributed by atoms with Crippen molar-refractivity contribution in [2.45, 2.75) is 24.7 Å². The molecule has 2 nitrogen and oxygen atoms in total. The van der Waals surface area contributed by atoms with Gasteiger partial charge in [0.2, 0.25) is 5.82 Å². The molecular weight excluding hydrogens is 200 g/mol. The predicted molar refractivity (Wildman–Crippen MR) is 49.2 cm³/mol. The van der Waals surface area contributed by atoms with Gasteiger partial charge in [0.25, 0.3) is 0 Å². The molecule has 1 fully saturated rings. The van der Waals surface area contributed by atoms with E-state index in [0.29, 0.717) is 12.8 Å². The standard InChI is InChI=1S/C11H9F2NO/c12-8-3-2-7(10(15)9(8)13)11(6-14)4-1-5-11/h2-3,15H,1,4-5H2. The summed E-state index contributed by atoms with van der Waals surface area (Å²) >= 11 is 0. The van der Waals surface area contributed by atoms with Crippen molar-refractivity contribution in [3.63, 3.8) is 0 Å². The van der Waals surface area contributed by atoms with E-state index in [1.165, 1.54) is 6.07 Å². The zero-order valence-corrected chi connectivity index (χ0v) is 7.93. The number of halogens is 2. The molecule has 1 aliphatic carbocycles. The van der Waals surface area contributed by atoms with Gasteiger partial charge in [0.05, 0.1) is 11.5 Å². The smallest absolute Gasteiger partial charge is 0.200 e. The first-order valence-corrected chi connectivity index (χ1v) is 4.69. The van der Waals surface area contributed by atoms with Gasteiger partial charge in [-0.1, -0.05) is 6.07 Å². The van der Waals surface area contributed by atoms with Gasteiger partial charge in [0, 0.05) is 5.56 Å². The van der Waals surface area contributed by atoms with Crippen LogP contribution in [0.1, 0.15) is 24.8 Å². The highest BCUT2D eigenvalue weighted by molar-refractivity contribution is 5.45. The van der Waals surface area contributed by atoms with Crippen LogP contribution in [-0.4, -0.2) is 5.11 Å². The summed E-state index contributed by atoms with van der Waals surface area (Å²) in [5.74, 6) is -3.09. The van der Waals surface area contributed by atoms with Crippen LogP contribution in [0, 0.1) is 23.0 Å². The molecule has 1 N–H and O–H groups in total. The van der Waals surface area contributed by atoms with Crippen molar-refractivity contribution in [3.8, 4) is 11.8 Å². The minimum atomic E-state index is -1.27. The Morgan fingerprint density at radius 2 is 2.00 bits per heavy atom. The number of aromatic hydroxyl groups is 1. The summed E-state index contributed by atoms with van der Waals surface area (Å²) in [7, 11) is 0. The molecule has 0 aromatic heterocycles. The Morgan fingerprint density at radius 1 is 1.33 bits per heavy atom. The molecule has 4 heteroatoms. The summed E-state index contributed by atoms with van der Waals surface area (Å²) in [6, 6.07) is 4.30. The third-order valence-electron chi connectivity index (χ3n) is 3.01. The first kappa shape index (κ1) is 9.91. The fourth-order valence-electron chi connectivity index (χ4n) is 1.90. The lowest BCUT2D eigenvalue weighted by molar-refractivity contribution is 0.303. The average molecular weight is 209 g/mol. The summed E-state index contributed by atoms with van der Waals surface area (Å²) in [4.78, 5) is 0. The molecule has 78 valence electrons. The SMILES string of the molecule is N#CC1(c2ccc(F)c(F)c2O)CCC1. The molecule has 0 amide bonds. The lowest BCUT2D eigenvalue weighted by atomic mass is 9.65. The third-order valence-corrected chi connectivity index (χ3v) is 3.01. The van der Waals surface area contributed by atoms with Crippen LogP contribution in [0.3, 0.4) is 0 Å². The molecule has 0 unspecified atom stereocenters. The Labute approximate surface area is 85.8 Å². The Bertz CT molecular complexity index is 447. The van der Waals surface area contributed by atoms with E-state index in [0.717, 1.165) is 12.5 Å². The fourth-order valence-corrected chi connectivity index (χ4v) is 1.90. The molecule has 2 rings (SSSR count). The molecule has 0 atom stereocenters. The van der Waals surface area contributed by atoms with Crippen LogP contribution in [0.2, 0.25) is 0 Å². The molecule has 0 radical (unpaired) electrons. The van der Waals surface area contributed by atoms with Crippen molar-refractivity contribution in [3.05, 3.63) is 29.3 Å². The predicted octanol–water partition coefficient (Wildman–Crippen LogP) is 2.62. The van der Waals surface area contributed by atoms with Crippen molar-refractivity contribution in [1.82, 2.24) is 0 Å². The molecular formula is C11H9F2NO. The van der Waals surface area contributed by atoms with Gasteiger partial charge >= 0.3 is 0 Å². The van der Waals surface area contributed by atoms with E-state index in [1.807, 2.05) is 0 Å². The molecule has 0 heterocycles. The Balaban J connectivity index is 2.55. The molecule has 1 saturated carbocycles. The fraction of sp³-hybridized carbons (Fsp3) is 0.364. The molecule has 1 aromatic carbocycles. The quantitative estimate of drug-likeness (QED) is 0.772. The second kappa shape index (κ2) is 3.20. The van der Waals surface area contributed by atoms with E-state index in [2.05, 4.69) is 6.07 Å². The van der Waals surface area contributed by atoms with Gasteiger partial charge < -0.3 is 5.11 Å². The van der Waals surface area contributed by atoms with Crippen LogP contribution in [-0.2, 0) is 5.41 Å². The van der Waals surface area contributed by atoms with Gasteiger partial charge in [-0.15, -0.1) is 0 Å². The first-order chi connectivity index (χ1) is 7.10. The van der Waals surface area contributed by atoms with Crippen LogP contribution >= 0.6 is 0 Å². The number of benzene rings is 1. The van der Waals surface area contributed by atoms with Crippen molar-refractivity contribution in [2.75, 3.05) is 0 Å². The largest absolute Gasteiger partial charge is 0.505 e. The molecule has 0 aliphatic heterocycles. The second-order valence-corrected chi connectivity index (χ2v) is 3.80. The summed E-state index contributed by atoms with van der Waals surface area (Å²) in [5, 5.41) is 18.4. The van der Waals surface area contributed by atoms with Crippen molar-refractivity contribution in [2.24, 2.45) is 0 Å². The Morgan fingerprint density at radius 3 is 2.47 bits per heavy atom. The van der Waals surface area contributed by atoms with Crippen molar-refractivity contribution >= 4 is 0 Å². The highest BCUT2D eigenvalue weighted by atomic mass is 19.2. The molecule has 0 spiro atoms. The van der Waals surface area contributed by atoms with Crippen LogP contribution in [0.25, 0.3) is 0 Å². The van der Waals surface area contributed by atoms with Gasteiger partial charge in [0.15, 0.2) is 11.6 Å². The van der Waals surface area contributed by atoms with Crippen LogP contribution in [0.5, 0.6) is 5.75 Å². The molecule has 1 aromatic rings. The number of phenolic OH excluding ortho intramolecular Hbond substituents is 1. The minimum Gasteiger partial charge on any atom is -0.505 e. The van der Waals surface area contributed by atoms with Crippen LogP contribution < -0.4 is 0 Å².